The molecule has 0 amide bonds. The van der Waals surface area contributed by atoms with Crippen LogP contribution in [-0.2, 0) is 12.8 Å². The standard InChI is InChI=1S/C11H10ClN3S/c12-10-7-3-1-2-4-8(7)14-11(15-10)9-5-13-6-16-9/h5-6H,1-4H2. The minimum atomic E-state index is 0.619. The number of nitrogens with zero attached hydrogens (tertiary/aromatic N) is 3. The number of thiazole rings is 1. The lowest BCUT2D eigenvalue weighted by atomic mass is 9.97. The molecule has 0 spiro atoms. The lowest BCUT2D eigenvalue weighted by molar-refractivity contribution is 0.664. The lowest BCUT2D eigenvalue weighted by Crippen LogP contribution is -2.08. The summed E-state index contributed by atoms with van der Waals surface area (Å²) < 4.78 is 0. The van der Waals surface area contributed by atoms with Crippen LogP contribution in [0.1, 0.15) is 24.1 Å². The normalized spacial score (nSPS) is 14.8. The van der Waals surface area contributed by atoms with Crippen LogP contribution in [0.15, 0.2) is 11.7 Å². The van der Waals surface area contributed by atoms with Crippen molar-refractivity contribution in [2.75, 3.05) is 0 Å². The third-order valence-electron chi connectivity index (χ3n) is 2.79. The topological polar surface area (TPSA) is 38.7 Å². The summed E-state index contributed by atoms with van der Waals surface area (Å²) in [5, 5.41) is 0.619. The summed E-state index contributed by atoms with van der Waals surface area (Å²) in [6, 6.07) is 0. The molecule has 0 radical (unpaired) electrons. The summed E-state index contributed by atoms with van der Waals surface area (Å²) in [5.41, 5.74) is 4.04. The van der Waals surface area contributed by atoms with Gasteiger partial charge in [-0.15, -0.1) is 11.3 Å². The predicted molar refractivity (Wildman–Crippen MR) is 64.8 cm³/mol. The zero-order chi connectivity index (χ0) is 11.0. The van der Waals surface area contributed by atoms with E-state index in [1.165, 1.54) is 12.8 Å². The number of aromatic nitrogens is 3. The quantitative estimate of drug-likeness (QED) is 0.731. The molecule has 0 fully saturated rings. The van der Waals surface area contributed by atoms with E-state index in [-0.39, 0.29) is 0 Å². The van der Waals surface area contributed by atoms with E-state index >= 15 is 0 Å². The van der Waals surface area contributed by atoms with Crippen LogP contribution in [0.5, 0.6) is 0 Å². The molecular weight excluding hydrogens is 242 g/mol. The van der Waals surface area contributed by atoms with Crippen LogP contribution in [-0.4, -0.2) is 15.0 Å². The van der Waals surface area contributed by atoms with Gasteiger partial charge in [0.15, 0.2) is 5.82 Å². The number of hydrogen-bond donors (Lipinski definition) is 0. The highest BCUT2D eigenvalue weighted by Crippen LogP contribution is 2.29. The second-order valence-electron chi connectivity index (χ2n) is 3.84. The first-order chi connectivity index (χ1) is 7.84. The number of rotatable bonds is 1. The Labute approximate surface area is 103 Å². The molecule has 5 heteroatoms. The Bertz CT molecular complexity index is 510. The van der Waals surface area contributed by atoms with Crippen molar-refractivity contribution in [3.63, 3.8) is 0 Å². The molecule has 2 aromatic rings. The van der Waals surface area contributed by atoms with Gasteiger partial charge in [0.1, 0.15) is 5.15 Å². The van der Waals surface area contributed by atoms with Crippen LogP contribution in [0.3, 0.4) is 0 Å². The molecule has 0 saturated carbocycles. The largest absolute Gasteiger partial charge is 0.252 e. The van der Waals surface area contributed by atoms with E-state index in [0.29, 0.717) is 11.0 Å². The van der Waals surface area contributed by atoms with Gasteiger partial charge in [-0.3, -0.25) is 4.98 Å². The van der Waals surface area contributed by atoms with Crippen LogP contribution in [0.2, 0.25) is 5.15 Å². The van der Waals surface area contributed by atoms with Gasteiger partial charge in [-0.2, -0.15) is 0 Å². The highest BCUT2D eigenvalue weighted by molar-refractivity contribution is 7.13. The van der Waals surface area contributed by atoms with Gasteiger partial charge in [-0.1, -0.05) is 11.6 Å². The summed E-state index contributed by atoms with van der Waals surface area (Å²) in [6.45, 7) is 0. The number of fused-ring (bicyclic) bond motifs is 1. The molecule has 0 atom stereocenters. The molecule has 0 saturated heterocycles. The molecule has 1 aliphatic rings. The second kappa shape index (κ2) is 4.11. The van der Waals surface area contributed by atoms with Gasteiger partial charge in [-0.05, 0) is 25.7 Å². The van der Waals surface area contributed by atoms with Crippen molar-refractivity contribution in [1.29, 1.82) is 0 Å². The molecular formula is C11H10ClN3S. The molecule has 2 heterocycles. The van der Waals surface area contributed by atoms with Crippen molar-refractivity contribution in [2.45, 2.75) is 25.7 Å². The van der Waals surface area contributed by atoms with E-state index in [1.807, 2.05) is 0 Å². The van der Waals surface area contributed by atoms with E-state index in [2.05, 4.69) is 15.0 Å². The average Bonchev–Trinajstić information content (AvgIpc) is 2.82. The van der Waals surface area contributed by atoms with Gasteiger partial charge in [0.05, 0.1) is 10.4 Å². The van der Waals surface area contributed by atoms with Crippen LogP contribution >= 0.6 is 22.9 Å². The molecule has 3 nitrogen and oxygen atoms in total. The second-order valence-corrected chi connectivity index (χ2v) is 5.08. The lowest BCUT2D eigenvalue weighted by Gasteiger charge is -2.15. The Morgan fingerprint density at radius 3 is 2.88 bits per heavy atom. The first-order valence-corrected chi connectivity index (χ1v) is 6.54. The van der Waals surface area contributed by atoms with Crippen molar-refractivity contribution >= 4 is 22.9 Å². The minimum Gasteiger partial charge on any atom is -0.252 e. The molecule has 0 unspecified atom stereocenters. The zero-order valence-corrected chi connectivity index (χ0v) is 10.2. The summed E-state index contributed by atoms with van der Waals surface area (Å²) in [5.74, 6) is 0.716. The predicted octanol–water partition coefficient (Wildman–Crippen LogP) is 3.13. The van der Waals surface area contributed by atoms with E-state index in [9.17, 15) is 0 Å². The van der Waals surface area contributed by atoms with Crippen molar-refractivity contribution < 1.29 is 0 Å². The van der Waals surface area contributed by atoms with Crippen molar-refractivity contribution in [3.8, 4) is 10.7 Å². The van der Waals surface area contributed by atoms with E-state index in [0.717, 1.165) is 29.0 Å². The Morgan fingerprint density at radius 2 is 2.06 bits per heavy atom. The molecule has 2 aromatic heterocycles. The number of aryl methyl sites for hydroxylation is 1. The van der Waals surface area contributed by atoms with Crippen molar-refractivity contribution in [1.82, 2.24) is 15.0 Å². The molecule has 1 aliphatic carbocycles. The first kappa shape index (κ1) is 10.2. The van der Waals surface area contributed by atoms with Crippen molar-refractivity contribution in [3.05, 3.63) is 28.1 Å². The number of hydrogen-bond acceptors (Lipinski definition) is 4. The van der Waals surface area contributed by atoms with E-state index in [4.69, 9.17) is 11.6 Å². The van der Waals surface area contributed by atoms with Crippen LogP contribution in [0.4, 0.5) is 0 Å². The smallest absolute Gasteiger partial charge is 0.172 e. The first-order valence-electron chi connectivity index (χ1n) is 5.29. The zero-order valence-electron chi connectivity index (χ0n) is 8.61. The maximum absolute atomic E-state index is 6.20. The van der Waals surface area contributed by atoms with Gasteiger partial charge in [0, 0.05) is 17.5 Å². The van der Waals surface area contributed by atoms with Gasteiger partial charge < -0.3 is 0 Å². The minimum absolute atomic E-state index is 0.619. The Hall–Kier alpha value is -1.00. The number of halogens is 1. The average molecular weight is 252 g/mol. The van der Waals surface area contributed by atoms with E-state index < -0.39 is 0 Å². The van der Waals surface area contributed by atoms with Crippen LogP contribution < -0.4 is 0 Å². The maximum atomic E-state index is 6.20. The Kier molecular flexibility index (Phi) is 2.61. The van der Waals surface area contributed by atoms with Gasteiger partial charge in [-0.25, -0.2) is 9.97 Å². The fourth-order valence-electron chi connectivity index (χ4n) is 1.98. The molecule has 0 aliphatic heterocycles. The van der Waals surface area contributed by atoms with E-state index in [1.54, 1.807) is 23.0 Å². The molecule has 3 rings (SSSR count). The summed E-state index contributed by atoms with van der Waals surface area (Å²) in [7, 11) is 0. The molecule has 0 N–H and O–H groups in total. The molecule has 16 heavy (non-hydrogen) atoms. The fourth-order valence-corrected chi connectivity index (χ4v) is 2.82. The highest BCUT2D eigenvalue weighted by Gasteiger charge is 2.17. The Morgan fingerprint density at radius 1 is 1.19 bits per heavy atom. The maximum Gasteiger partial charge on any atom is 0.172 e. The van der Waals surface area contributed by atoms with Gasteiger partial charge in [0.2, 0.25) is 0 Å². The van der Waals surface area contributed by atoms with Crippen LogP contribution in [0.25, 0.3) is 10.7 Å². The monoisotopic (exact) mass is 251 g/mol. The van der Waals surface area contributed by atoms with Crippen LogP contribution in [0, 0.1) is 0 Å². The van der Waals surface area contributed by atoms with Gasteiger partial charge in [0.25, 0.3) is 0 Å². The van der Waals surface area contributed by atoms with Crippen molar-refractivity contribution in [2.24, 2.45) is 0 Å². The molecule has 82 valence electrons. The summed E-state index contributed by atoms with van der Waals surface area (Å²) in [6.07, 6.45) is 6.20. The molecule has 0 bridgehead atoms. The Balaban J connectivity index is 2.12. The SMILES string of the molecule is Clc1nc(-c2cncs2)nc2c1CCCC2. The third-order valence-corrected chi connectivity index (χ3v) is 3.87. The highest BCUT2D eigenvalue weighted by atomic mass is 35.5. The third kappa shape index (κ3) is 1.72. The summed E-state index contributed by atoms with van der Waals surface area (Å²) in [4.78, 5) is 14.0. The van der Waals surface area contributed by atoms with Gasteiger partial charge >= 0.3 is 0 Å². The summed E-state index contributed by atoms with van der Waals surface area (Å²) >= 11 is 7.74. The fraction of sp³-hybridized carbons (Fsp3) is 0.364. The molecule has 0 aromatic carbocycles.